The largest absolute Gasteiger partial charge is 0.358 e. The van der Waals surface area contributed by atoms with Crippen molar-refractivity contribution in [2.75, 3.05) is 36.0 Å². The molecule has 2 saturated heterocycles. The number of nitrogens with one attached hydrogen (secondary N) is 1. The van der Waals surface area contributed by atoms with E-state index in [9.17, 15) is 14.0 Å². The number of halogens is 1. The first-order valence-corrected chi connectivity index (χ1v) is 8.91. The van der Waals surface area contributed by atoms with Gasteiger partial charge in [0, 0.05) is 0 Å². The van der Waals surface area contributed by atoms with Crippen molar-refractivity contribution in [3.8, 4) is 0 Å². The van der Waals surface area contributed by atoms with Crippen LogP contribution in [-0.4, -0.2) is 44.0 Å². The highest BCUT2D eigenvalue weighted by atomic mass is 19.1. The van der Waals surface area contributed by atoms with Crippen LogP contribution in [-0.2, 0) is 9.59 Å². The lowest BCUT2D eigenvalue weighted by Crippen LogP contribution is -3.19. The van der Waals surface area contributed by atoms with Crippen molar-refractivity contribution in [1.82, 2.24) is 0 Å². The van der Waals surface area contributed by atoms with Crippen molar-refractivity contribution in [2.24, 2.45) is 0 Å². The van der Waals surface area contributed by atoms with Gasteiger partial charge >= 0.3 is 0 Å². The standard InChI is InChI=1S/C20H20FN3O2/c21-16-8-4-5-9-17(16)22-10-12-23(13-11-22)18-14-19(25)24(20(18)26)15-6-2-1-3-7-15/h1-9,18H,10-14H2/p+1/t18-/m0/s1. The molecular weight excluding hydrogens is 333 g/mol. The number of carbonyl (C=O) groups is 2. The Hall–Kier alpha value is -2.73. The Morgan fingerprint density at radius 3 is 2.27 bits per heavy atom. The van der Waals surface area contributed by atoms with E-state index in [2.05, 4.69) is 0 Å². The Labute approximate surface area is 151 Å². The summed E-state index contributed by atoms with van der Waals surface area (Å²) >= 11 is 0. The van der Waals surface area contributed by atoms with Gasteiger partial charge in [0.1, 0.15) is 5.82 Å². The first-order valence-electron chi connectivity index (χ1n) is 8.91. The molecule has 2 aromatic rings. The molecular formula is C20H21FN3O2+. The van der Waals surface area contributed by atoms with Crippen LogP contribution in [0.4, 0.5) is 15.8 Å². The summed E-state index contributed by atoms with van der Waals surface area (Å²) in [6.45, 7) is 2.75. The zero-order valence-electron chi connectivity index (χ0n) is 14.4. The van der Waals surface area contributed by atoms with Crippen molar-refractivity contribution in [3.63, 3.8) is 0 Å². The number of carbonyl (C=O) groups excluding carboxylic acids is 2. The first-order chi connectivity index (χ1) is 12.6. The minimum absolute atomic E-state index is 0.129. The molecule has 0 spiro atoms. The molecule has 6 heteroatoms. The predicted molar refractivity (Wildman–Crippen MR) is 96.6 cm³/mol. The highest BCUT2D eigenvalue weighted by Gasteiger charge is 2.46. The molecule has 0 bridgehead atoms. The van der Waals surface area contributed by atoms with Gasteiger partial charge in [-0.25, -0.2) is 9.29 Å². The Balaban J connectivity index is 1.44. The fourth-order valence-corrected chi connectivity index (χ4v) is 3.89. The number of para-hydroxylation sites is 2. The normalized spacial score (nSPS) is 21.5. The van der Waals surface area contributed by atoms with Gasteiger partial charge < -0.3 is 9.80 Å². The monoisotopic (exact) mass is 354 g/mol. The molecule has 134 valence electrons. The van der Waals surface area contributed by atoms with Crippen LogP contribution < -0.4 is 14.7 Å². The third kappa shape index (κ3) is 2.97. The van der Waals surface area contributed by atoms with Gasteiger partial charge in [-0.2, -0.15) is 0 Å². The quantitative estimate of drug-likeness (QED) is 0.832. The molecule has 2 aliphatic heterocycles. The molecule has 0 aliphatic carbocycles. The number of benzene rings is 2. The van der Waals surface area contributed by atoms with E-state index in [1.54, 1.807) is 24.3 Å². The number of piperazine rings is 1. The highest BCUT2D eigenvalue weighted by molar-refractivity contribution is 6.21. The summed E-state index contributed by atoms with van der Waals surface area (Å²) in [5.41, 5.74) is 1.24. The Morgan fingerprint density at radius 1 is 0.923 bits per heavy atom. The van der Waals surface area contributed by atoms with Gasteiger partial charge in [-0.05, 0) is 24.3 Å². The van der Waals surface area contributed by atoms with E-state index in [1.807, 2.05) is 29.2 Å². The second-order valence-electron chi connectivity index (χ2n) is 6.76. The smallest absolute Gasteiger partial charge is 0.292 e. The number of rotatable bonds is 3. The number of nitrogens with zero attached hydrogens (tertiary/aromatic N) is 2. The fraction of sp³-hybridized carbons (Fsp3) is 0.300. The van der Waals surface area contributed by atoms with E-state index in [-0.39, 0.29) is 30.1 Å². The third-order valence-electron chi connectivity index (χ3n) is 5.25. The minimum Gasteiger partial charge on any atom is -0.358 e. The SMILES string of the molecule is O=C1C[C@H]([NH+]2CCN(c3ccccc3F)CC2)C(=O)N1c1ccccc1. The minimum atomic E-state index is -0.342. The second-order valence-corrected chi connectivity index (χ2v) is 6.76. The Morgan fingerprint density at radius 2 is 1.58 bits per heavy atom. The molecule has 0 aromatic heterocycles. The molecule has 0 saturated carbocycles. The van der Waals surface area contributed by atoms with Crippen LogP contribution in [0.3, 0.4) is 0 Å². The molecule has 0 radical (unpaired) electrons. The summed E-state index contributed by atoms with van der Waals surface area (Å²) in [6.07, 6.45) is 0.239. The third-order valence-corrected chi connectivity index (χ3v) is 5.25. The van der Waals surface area contributed by atoms with Crippen molar-refractivity contribution >= 4 is 23.2 Å². The van der Waals surface area contributed by atoms with E-state index in [1.165, 1.54) is 11.0 Å². The first kappa shape index (κ1) is 16.7. The molecule has 5 nitrogen and oxygen atoms in total. The number of amides is 2. The summed E-state index contributed by atoms with van der Waals surface area (Å²) in [6, 6.07) is 15.5. The van der Waals surface area contributed by atoms with Gasteiger partial charge in [0.25, 0.3) is 5.91 Å². The maximum atomic E-state index is 14.0. The lowest BCUT2D eigenvalue weighted by molar-refractivity contribution is -0.915. The summed E-state index contributed by atoms with van der Waals surface area (Å²) in [4.78, 5) is 29.7. The predicted octanol–water partition coefficient (Wildman–Crippen LogP) is 0.863. The number of hydrogen-bond acceptors (Lipinski definition) is 3. The molecule has 2 aliphatic rings. The average molecular weight is 354 g/mol. The Bertz CT molecular complexity index is 819. The number of anilines is 2. The van der Waals surface area contributed by atoms with E-state index in [0.29, 0.717) is 37.6 Å². The molecule has 26 heavy (non-hydrogen) atoms. The second kappa shape index (κ2) is 6.88. The zero-order valence-corrected chi connectivity index (χ0v) is 14.4. The molecule has 1 atom stereocenters. The Kier molecular flexibility index (Phi) is 4.42. The van der Waals surface area contributed by atoms with E-state index in [0.717, 1.165) is 4.90 Å². The summed E-state index contributed by atoms with van der Waals surface area (Å²) in [5, 5.41) is 0. The van der Waals surface area contributed by atoms with Crippen LogP contribution in [0.5, 0.6) is 0 Å². The van der Waals surface area contributed by atoms with E-state index >= 15 is 0 Å². The van der Waals surface area contributed by atoms with E-state index < -0.39 is 0 Å². The number of imide groups is 1. The van der Waals surface area contributed by atoms with Gasteiger partial charge in [0.05, 0.1) is 44.0 Å². The van der Waals surface area contributed by atoms with Gasteiger partial charge in [-0.3, -0.25) is 9.59 Å². The van der Waals surface area contributed by atoms with Crippen molar-refractivity contribution in [2.45, 2.75) is 12.5 Å². The lowest BCUT2D eigenvalue weighted by Gasteiger charge is -2.35. The summed E-state index contributed by atoms with van der Waals surface area (Å²) in [7, 11) is 0. The number of hydrogen-bond donors (Lipinski definition) is 1. The maximum Gasteiger partial charge on any atom is 0.292 e. The number of quaternary nitrogens is 1. The highest BCUT2D eigenvalue weighted by Crippen LogP contribution is 2.22. The van der Waals surface area contributed by atoms with Gasteiger partial charge in [0.15, 0.2) is 6.04 Å². The molecule has 2 fully saturated rings. The van der Waals surface area contributed by atoms with E-state index in [4.69, 9.17) is 0 Å². The van der Waals surface area contributed by atoms with Crippen LogP contribution in [0, 0.1) is 5.82 Å². The molecule has 2 aromatic carbocycles. The maximum absolute atomic E-state index is 14.0. The van der Waals surface area contributed by atoms with Gasteiger partial charge in [-0.15, -0.1) is 0 Å². The van der Waals surface area contributed by atoms with Crippen molar-refractivity contribution < 1.29 is 18.9 Å². The molecule has 2 amide bonds. The summed E-state index contributed by atoms with van der Waals surface area (Å²) < 4.78 is 14.0. The topological polar surface area (TPSA) is 45.1 Å². The molecule has 0 unspecified atom stereocenters. The molecule has 1 N–H and O–H groups in total. The fourth-order valence-electron chi connectivity index (χ4n) is 3.89. The van der Waals surface area contributed by atoms with Gasteiger partial charge in [0.2, 0.25) is 5.91 Å². The van der Waals surface area contributed by atoms with Crippen LogP contribution in [0.15, 0.2) is 54.6 Å². The van der Waals surface area contributed by atoms with Gasteiger partial charge in [-0.1, -0.05) is 30.3 Å². The molecule has 2 heterocycles. The summed E-state index contributed by atoms with van der Waals surface area (Å²) in [5.74, 6) is -0.496. The zero-order chi connectivity index (χ0) is 18.1. The van der Waals surface area contributed by atoms with Crippen LogP contribution in [0.1, 0.15) is 6.42 Å². The molecule has 4 rings (SSSR count). The van der Waals surface area contributed by atoms with Crippen LogP contribution in [0.2, 0.25) is 0 Å². The van der Waals surface area contributed by atoms with Crippen LogP contribution in [0.25, 0.3) is 0 Å². The average Bonchev–Trinajstić information content (AvgIpc) is 2.97. The lowest BCUT2D eigenvalue weighted by atomic mass is 10.1. The van der Waals surface area contributed by atoms with Crippen molar-refractivity contribution in [1.29, 1.82) is 0 Å². The van der Waals surface area contributed by atoms with Crippen molar-refractivity contribution in [3.05, 3.63) is 60.4 Å². The van der Waals surface area contributed by atoms with Crippen LogP contribution >= 0.6 is 0 Å².